The zero-order valence-corrected chi connectivity index (χ0v) is 8.85. The van der Waals surface area contributed by atoms with Crippen molar-refractivity contribution in [3.8, 4) is 5.69 Å². The molecule has 0 radical (unpaired) electrons. The number of carboxylic acid groups (broad SMARTS) is 1. The maximum Gasteiger partial charge on any atom is 0.433 e. The summed E-state index contributed by atoms with van der Waals surface area (Å²) >= 11 is 0. The maximum atomic E-state index is 12.6. The minimum atomic E-state index is -4.51. The Morgan fingerprint density at radius 3 is 2.28 bits per heavy atom. The van der Waals surface area contributed by atoms with Gasteiger partial charge in [-0.2, -0.15) is 18.3 Å². The highest BCUT2D eigenvalue weighted by atomic mass is 19.4. The largest absolute Gasteiger partial charge is 0.478 e. The molecule has 0 spiro atoms. The molecule has 94 valence electrons. The molecule has 0 aliphatic rings. The van der Waals surface area contributed by atoms with Crippen LogP contribution in [0.25, 0.3) is 5.69 Å². The second-order valence-electron chi connectivity index (χ2n) is 3.48. The molecule has 4 nitrogen and oxygen atoms in total. The zero-order chi connectivity index (χ0) is 13.3. The molecule has 0 saturated heterocycles. The Balaban J connectivity index is 2.44. The van der Waals surface area contributed by atoms with E-state index < -0.39 is 17.8 Å². The van der Waals surface area contributed by atoms with Gasteiger partial charge >= 0.3 is 12.1 Å². The molecule has 1 heterocycles. The van der Waals surface area contributed by atoms with E-state index in [4.69, 9.17) is 5.11 Å². The van der Waals surface area contributed by atoms with E-state index in [2.05, 4.69) is 5.10 Å². The van der Waals surface area contributed by atoms with Gasteiger partial charge in [0.1, 0.15) is 5.69 Å². The molecule has 0 saturated carbocycles. The fourth-order valence-corrected chi connectivity index (χ4v) is 1.47. The van der Waals surface area contributed by atoms with Crippen LogP contribution in [0.15, 0.2) is 36.5 Å². The first kappa shape index (κ1) is 12.2. The van der Waals surface area contributed by atoms with Gasteiger partial charge in [0.15, 0.2) is 0 Å². The molecule has 2 rings (SSSR count). The van der Waals surface area contributed by atoms with Gasteiger partial charge in [-0.15, -0.1) is 0 Å². The van der Waals surface area contributed by atoms with Gasteiger partial charge in [-0.1, -0.05) is 0 Å². The first-order chi connectivity index (χ1) is 8.39. The predicted octanol–water partition coefficient (Wildman–Crippen LogP) is 2.59. The first-order valence-electron chi connectivity index (χ1n) is 4.84. The van der Waals surface area contributed by atoms with Crippen LogP contribution >= 0.6 is 0 Å². The van der Waals surface area contributed by atoms with Gasteiger partial charge < -0.3 is 5.11 Å². The SMILES string of the molecule is O=C(O)c1ccc(-n2nccc2C(F)(F)F)cc1. The van der Waals surface area contributed by atoms with Crippen molar-refractivity contribution >= 4 is 5.97 Å². The van der Waals surface area contributed by atoms with Crippen LogP contribution in [-0.2, 0) is 6.18 Å². The van der Waals surface area contributed by atoms with Crippen molar-refractivity contribution in [2.24, 2.45) is 0 Å². The number of rotatable bonds is 2. The number of hydrogen-bond donors (Lipinski definition) is 1. The van der Waals surface area contributed by atoms with Gasteiger partial charge in [-0.05, 0) is 30.3 Å². The van der Waals surface area contributed by atoms with Gasteiger partial charge in [-0.25, -0.2) is 9.48 Å². The van der Waals surface area contributed by atoms with Crippen molar-refractivity contribution in [2.45, 2.75) is 6.18 Å². The van der Waals surface area contributed by atoms with Crippen molar-refractivity contribution < 1.29 is 23.1 Å². The topological polar surface area (TPSA) is 55.1 Å². The molecule has 7 heteroatoms. The summed E-state index contributed by atoms with van der Waals surface area (Å²) in [5, 5.41) is 12.3. The number of hydrogen-bond acceptors (Lipinski definition) is 2. The summed E-state index contributed by atoms with van der Waals surface area (Å²) in [5.41, 5.74) is -0.762. The van der Waals surface area contributed by atoms with E-state index in [1.54, 1.807) is 0 Å². The molecule has 0 bridgehead atoms. The fourth-order valence-electron chi connectivity index (χ4n) is 1.47. The highest BCUT2D eigenvalue weighted by Crippen LogP contribution is 2.30. The average Bonchev–Trinajstić information content (AvgIpc) is 2.77. The Bertz CT molecular complexity index is 573. The lowest BCUT2D eigenvalue weighted by atomic mass is 10.2. The molecule has 0 aliphatic carbocycles. The normalized spacial score (nSPS) is 11.5. The van der Waals surface area contributed by atoms with Crippen molar-refractivity contribution in [1.29, 1.82) is 0 Å². The lowest BCUT2D eigenvalue weighted by Gasteiger charge is -2.10. The lowest BCUT2D eigenvalue weighted by molar-refractivity contribution is -0.142. The van der Waals surface area contributed by atoms with Gasteiger partial charge in [0.25, 0.3) is 0 Å². The molecule has 2 aromatic rings. The average molecular weight is 256 g/mol. The van der Waals surface area contributed by atoms with E-state index in [1.165, 1.54) is 24.3 Å². The Kier molecular flexibility index (Phi) is 2.82. The van der Waals surface area contributed by atoms with Crippen LogP contribution in [0.4, 0.5) is 13.2 Å². The van der Waals surface area contributed by atoms with E-state index in [9.17, 15) is 18.0 Å². The van der Waals surface area contributed by atoms with Gasteiger partial charge in [-0.3, -0.25) is 0 Å². The molecule has 0 atom stereocenters. The third kappa shape index (κ3) is 2.20. The number of alkyl halides is 3. The minimum absolute atomic E-state index is 0.000496. The number of aromatic nitrogens is 2. The molecule has 1 aromatic carbocycles. The Morgan fingerprint density at radius 1 is 1.17 bits per heavy atom. The van der Waals surface area contributed by atoms with Crippen molar-refractivity contribution in [3.63, 3.8) is 0 Å². The van der Waals surface area contributed by atoms with Crippen LogP contribution in [0.5, 0.6) is 0 Å². The van der Waals surface area contributed by atoms with E-state index in [1.807, 2.05) is 0 Å². The third-order valence-electron chi connectivity index (χ3n) is 2.29. The third-order valence-corrected chi connectivity index (χ3v) is 2.29. The van der Waals surface area contributed by atoms with Crippen LogP contribution in [0.1, 0.15) is 16.1 Å². The monoisotopic (exact) mass is 256 g/mol. The number of carbonyl (C=O) groups is 1. The number of carboxylic acids is 1. The zero-order valence-electron chi connectivity index (χ0n) is 8.85. The summed E-state index contributed by atoms with van der Waals surface area (Å²) in [6.07, 6.45) is -3.48. The van der Waals surface area contributed by atoms with E-state index in [0.717, 1.165) is 12.3 Å². The molecule has 0 amide bonds. The van der Waals surface area contributed by atoms with Crippen LogP contribution in [-0.4, -0.2) is 20.9 Å². The molecule has 0 fully saturated rings. The van der Waals surface area contributed by atoms with Crippen molar-refractivity contribution in [3.05, 3.63) is 47.8 Å². The molecule has 1 aromatic heterocycles. The Hall–Kier alpha value is -2.31. The van der Waals surface area contributed by atoms with Crippen LogP contribution in [0.3, 0.4) is 0 Å². The van der Waals surface area contributed by atoms with E-state index in [0.29, 0.717) is 4.68 Å². The highest BCUT2D eigenvalue weighted by molar-refractivity contribution is 5.87. The quantitative estimate of drug-likeness (QED) is 0.898. The second-order valence-corrected chi connectivity index (χ2v) is 3.48. The van der Waals surface area contributed by atoms with Crippen molar-refractivity contribution in [2.75, 3.05) is 0 Å². The van der Waals surface area contributed by atoms with E-state index in [-0.39, 0.29) is 11.3 Å². The maximum absolute atomic E-state index is 12.6. The molecule has 1 N–H and O–H groups in total. The second kappa shape index (κ2) is 4.17. The summed E-state index contributed by atoms with van der Waals surface area (Å²) in [6.45, 7) is 0. The van der Waals surface area contributed by atoms with Gasteiger partial charge in [0.2, 0.25) is 0 Å². The molecular formula is C11H7F3N2O2. The molecule has 18 heavy (non-hydrogen) atoms. The summed E-state index contributed by atoms with van der Waals surface area (Å²) in [7, 11) is 0. The number of halogens is 3. The molecule has 0 aliphatic heterocycles. The number of nitrogens with zero attached hydrogens (tertiary/aromatic N) is 2. The standard InChI is InChI=1S/C11H7F3N2O2/c12-11(13,14)9-5-6-15-16(9)8-3-1-7(2-4-8)10(17)18/h1-6H,(H,17,18). The van der Waals surface area contributed by atoms with Gasteiger partial charge in [0.05, 0.1) is 17.4 Å². The van der Waals surface area contributed by atoms with Crippen molar-refractivity contribution in [1.82, 2.24) is 9.78 Å². The van der Waals surface area contributed by atoms with E-state index >= 15 is 0 Å². The smallest absolute Gasteiger partial charge is 0.433 e. The highest BCUT2D eigenvalue weighted by Gasteiger charge is 2.35. The Morgan fingerprint density at radius 2 is 1.78 bits per heavy atom. The number of benzene rings is 1. The molecule has 0 unspecified atom stereocenters. The van der Waals surface area contributed by atoms with Crippen LogP contribution < -0.4 is 0 Å². The van der Waals surface area contributed by atoms with Gasteiger partial charge in [0, 0.05) is 0 Å². The summed E-state index contributed by atoms with van der Waals surface area (Å²) < 4.78 is 38.6. The summed E-state index contributed by atoms with van der Waals surface area (Å²) in [4.78, 5) is 10.6. The first-order valence-corrected chi connectivity index (χ1v) is 4.84. The summed E-state index contributed by atoms with van der Waals surface area (Å²) in [6, 6.07) is 5.83. The fraction of sp³-hybridized carbons (Fsp3) is 0.0909. The Labute approximate surface area is 99.3 Å². The van der Waals surface area contributed by atoms with Crippen LogP contribution in [0.2, 0.25) is 0 Å². The lowest BCUT2D eigenvalue weighted by Crippen LogP contribution is -2.13. The summed E-state index contributed by atoms with van der Waals surface area (Å²) in [5.74, 6) is -1.14. The number of aromatic carboxylic acids is 1. The van der Waals surface area contributed by atoms with Crippen LogP contribution in [0, 0.1) is 0 Å². The predicted molar refractivity (Wildman–Crippen MR) is 55.5 cm³/mol. The minimum Gasteiger partial charge on any atom is -0.478 e. The molecular weight excluding hydrogens is 249 g/mol.